The van der Waals surface area contributed by atoms with Crippen LogP contribution in [0.5, 0.6) is 0 Å². The zero-order chi connectivity index (χ0) is 18.0. The van der Waals surface area contributed by atoms with Crippen LogP contribution in [0.2, 0.25) is 19.6 Å². The van der Waals surface area contributed by atoms with Gasteiger partial charge in [-0.1, -0.05) is 31.6 Å². The maximum atomic E-state index is 12.4. The van der Waals surface area contributed by atoms with Crippen molar-refractivity contribution in [3.05, 3.63) is 29.3 Å². The number of nitrogens with zero attached hydrogens (tertiary/aromatic N) is 2. The average Bonchev–Trinajstić information content (AvgIpc) is 3.21. The van der Waals surface area contributed by atoms with Crippen molar-refractivity contribution < 1.29 is 14.3 Å². The lowest BCUT2D eigenvalue weighted by atomic mass is 10.1. The Kier molecular flexibility index (Phi) is 4.86. The monoisotopic (exact) mass is 356 g/mol. The molecule has 0 N–H and O–H groups in total. The summed E-state index contributed by atoms with van der Waals surface area (Å²) in [5, 5.41) is 0. The smallest absolute Gasteiger partial charge is 0.359 e. The van der Waals surface area contributed by atoms with Crippen molar-refractivity contribution in [2.45, 2.75) is 38.9 Å². The first-order chi connectivity index (χ1) is 11.8. The molecule has 2 aliphatic heterocycles. The number of rotatable bonds is 0. The number of carbonyl (C=O) groups excluding carboxylic acids is 2. The van der Waals surface area contributed by atoms with Crippen LogP contribution < -0.4 is 4.90 Å². The van der Waals surface area contributed by atoms with Crippen LogP contribution in [0.3, 0.4) is 0 Å². The van der Waals surface area contributed by atoms with Gasteiger partial charge in [-0.15, -0.1) is 5.54 Å². The van der Waals surface area contributed by atoms with E-state index in [2.05, 4.69) is 31.1 Å². The van der Waals surface area contributed by atoms with E-state index in [-0.39, 0.29) is 0 Å². The lowest BCUT2D eigenvalue weighted by Gasteiger charge is -2.19. The van der Waals surface area contributed by atoms with Gasteiger partial charge >= 0.3 is 12.2 Å². The highest BCUT2D eigenvalue weighted by molar-refractivity contribution is 6.83. The van der Waals surface area contributed by atoms with Crippen LogP contribution in [-0.4, -0.2) is 44.8 Å². The van der Waals surface area contributed by atoms with Gasteiger partial charge < -0.3 is 9.64 Å². The second kappa shape index (κ2) is 6.93. The Morgan fingerprint density at radius 2 is 1.80 bits per heavy atom. The molecule has 0 aromatic heterocycles. The summed E-state index contributed by atoms with van der Waals surface area (Å²) < 4.78 is 5.07. The zero-order valence-electron chi connectivity index (χ0n) is 15.1. The van der Waals surface area contributed by atoms with Gasteiger partial charge in [0.15, 0.2) is 0 Å². The summed E-state index contributed by atoms with van der Waals surface area (Å²) in [5.41, 5.74) is 6.22. The first-order valence-corrected chi connectivity index (χ1v) is 12.3. The third-order valence-corrected chi connectivity index (χ3v) is 5.23. The second-order valence-corrected chi connectivity index (χ2v) is 12.3. The summed E-state index contributed by atoms with van der Waals surface area (Å²) in [5.74, 6) is 3.29. The molecular weight excluding hydrogens is 332 g/mol. The molecule has 0 unspecified atom stereocenters. The Balaban J connectivity index is 1.76. The number of ether oxygens (including phenoxy) is 1. The summed E-state index contributed by atoms with van der Waals surface area (Å²) in [4.78, 5) is 27.6. The van der Waals surface area contributed by atoms with E-state index < -0.39 is 20.3 Å². The fraction of sp³-hybridized carbons (Fsp3) is 0.474. The van der Waals surface area contributed by atoms with E-state index in [9.17, 15) is 9.59 Å². The van der Waals surface area contributed by atoms with Crippen molar-refractivity contribution in [1.29, 1.82) is 0 Å². The summed E-state index contributed by atoms with van der Waals surface area (Å²) in [7, 11) is -1.46. The van der Waals surface area contributed by atoms with Crippen LogP contribution in [0.25, 0.3) is 0 Å². The summed E-state index contributed by atoms with van der Waals surface area (Å²) in [6, 6.07) is 5.79. The van der Waals surface area contributed by atoms with Gasteiger partial charge in [-0.25, -0.2) is 9.59 Å². The van der Waals surface area contributed by atoms with Crippen LogP contribution in [0.1, 0.15) is 24.0 Å². The van der Waals surface area contributed by atoms with Gasteiger partial charge in [-0.2, -0.15) is 0 Å². The predicted molar refractivity (Wildman–Crippen MR) is 100 cm³/mol. The first kappa shape index (κ1) is 17.6. The molecule has 0 radical (unpaired) electrons. The van der Waals surface area contributed by atoms with Crippen molar-refractivity contribution in [2.24, 2.45) is 0 Å². The van der Waals surface area contributed by atoms with Crippen LogP contribution in [0.15, 0.2) is 18.2 Å². The van der Waals surface area contributed by atoms with E-state index in [1.54, 1.807) is 9.80 Å². The topological polar surface area (TPSA) is 49.9 Å². The number of fused-ring (bicyclic) bond motifs is 1. The fourth-order valence-electron chi connectivity index (χ4n) is 3.09. The van der Waals surface area contributed by atoms with Gasteiger partial charge in [-0.05, 0) is 37.0 Å². The summed E-state index contributed by atoms with van der Waals surface area (Å²) >= 11 is 0. The largest absolute Gasteiger partial charge is 0.423 e. The number of likely N-dealkylation sites (tertiary alicyclic amines) is 1. The minimum atomic E-state index is -1.46. The molecule has 1 fully saturated rings. The maximum absolute atomic E-state index is 12.4. The number of anilines is 1. The molecule has 2 amide bonds. The Hall–Kier alpha value is -2.26. The number of carbonyl (C=O) groups is 2. The predicted octanol–water partition coefficient (Wildman–Crippen LogP) is 3.63. The third kappa shape index (κ3) is 4.05. The molecule has 2 heterocycles. The van der Waals surface area contributed by atoms with E-state index in [1.807, 2.05) is 18.2 Å². The molecule has 6 heteroatoms. The first-order valence-electron chi connectivity index (χ1n) is 8.78. The lowest BCUT2D eigenvalue weighted by Crippen LogP contribution is -2.36. The van der Waals surface area contributed by atoms with Crippen molar-refractivity contribution in [3.63, 3.8) is 0 Å². The van der Waals surface area contributed by atoms with Crippen LogP contribution in [0, 0.1) is 11.5 Å². The van der Waals surface area contributed by atoms with Gasteiger partial charge in [0.2, 0.25) is 0 Å². The third-order valence-electron chi connectivity index (χ3n) is 4.36. The summed E-state index contributed by atoms with van der Waals surface area (Å²) in [6.45, 7) is 8.47. The Morgan fingerprint density at radius 3 is 2.48 bits per heavy atom. The summed E-state index contributed by atoms with van der Waals surface area (Å²) in [6.07, 6.45) is 1.54. The van der Waals surface area contributed by atoms with Gasteiger partial charge in [0.1, 0.15) is 8.07 Å². The van der Waals surface area contributed by atoms with E-state index in [0.717, 1.165) is 36.1 Å². The average molecular weight is 356 g/mol. The molecule has 0 saturated carbocycles. The van der Waals surface area contributed by atoms with Crippen LogP contribution in [-0.2, 0) is 11.2 Å². The molecule has 1 aromatic carbocycles. The van der Waals surface area contributed by atoms with E-state index in [1.165, 1.54) is 0 Å². The van der Waals surface area contributed by atoms with E-state index >= 15 is 0 Å². The molecule has 0 atom stereocenters. The molecule has 1 aromatic rings. The Bertz CT molecular complexity index is 752. The van der Waals surface area contributed by atoms with Crippen molar-refractivity contribution in [2.75, 3.05) is 24.5 Å². The molecular formula is C19H24N2O3Si. The molecule has 2 aliphatic rings. The minimum Gasteiger partial charge on any atom is -0.359 e. The fourth-order valence-corrected chi connectivity index (χ4v) is 3.60. The molecule has 25 heavy (non-hydrogen) atoms. The molecule has 3 rings (SSSR count). The highest BCUT2D eigenvalue weighted by atomic mass is 28.3. The molecule has 1 saturated heterocycles. The van der Waals surface area contributed by atoms with Crippen molar-refractivity contribution >= 4 is 25.9 Å². The SMILES string of the molecule is C[Si](C)(C)C#Cc1cccc2c1CCN2C(=O)OC(=O)N1CCCC1. The van der Waals surface area contributed by atoms with E-state index in [0.29, 0.717) is 19.6 Å². The standard InChI is InChI=1S/C19H24N2O3Si/c1-25(2,3)14-10-15-7-6-8-17-16(15)9-13-21(17)19(23)24-18(22)20-11-4-5-12-20/h6-8H,4-5,9,11-13H2,1-3H3. The number of hydrogen-bond acceptors (Lipinski definition) is 3. The normalized spacial score (nSPS) is 16.3. The second-order valence-electron chi connectivity index (χ2n) is 7.53. The number of benzene rings is 1. The highest BCUT2D eigenvalue weighted by Crippen LogP contribution is 2.31. The van der Waals surface area contributed by atoms with Crippen molar-refractivity contribution in [3.8, 4) is 11.5 Å². The highest BCUT2D eigenvalue weighted by Gasteiger charge is 2.30. The quantitative estimate of drug-likeness (QED) is 0.405. The van der Waals surface area contributed by atoms with E-state index in [4.69, 9.17) is 4.74 Å². The molecule has 0 aliphatic carbocycles. The number of amides is 2. The number of hydrogen-bond donors (Lipinski definition) is 0. The molecule has 5 nitrogen and oxygen atoms in total. The molecule has 0 spiro atoms. The Morgan fingerprint density at radius 1 is 1.08 bits per heavy atom. The molecule has 132 valence electrons. The van der Waals surface area contributed by atoms with Gasteiger partial charge in [0.25, 0.3) is 0 Å². The van der Waals surface area contributed by atoms with Gasteiger partial charge in [0, 0.05) is 25.2 Å². The minimum absolute atomic E-state index is 0.521. The lowest BCUT2D eigenvalue weighted by molar-refractivity contribution is 0.128. The molecule has 0 bridgehead atoms. The maximum Gasteiger partial charge on any atom is 0.423 e. The van der Waals surface area contributed by atoms with Crippen LogP contribution >= 0.6 is 0 Å². The Labute approximate surface area is 150 Å². The van der Waals surface area contributed by atoms with Gasteiger partial charge in [-0.3, -0.25) is 4.90 Å². The zero-order valence-corrected chi connectivity index (χ0v) is 16.1. The van der Waals surface area contributed by atoms with Crippen molar-refractivity contribution in [1.82, 2.24) is 4.90 Å². The van der Waals surface area contributed by atoms with Crippen LogP contribution in [0.4, 0.5) is 15.3 Å². The van der Waals surface area contributed by atoms with Gasteiger partial charge in [0.05, 0.1) is 5.69 Å².